The molecule has 1 atom stereocenters. The van der Waals surface area contributed by atoms with Crippen LogP contribution in [-0.4, -0.2) is 59.3 Å². The van der Waals surface area contributed by atoms with Crippen molar-refractivity contribution in [2.45, 2.75) is 58.5 Å². The fourth-order valence-electron chi connectivity index (χ4n) is 6.61. The van der Waals surface area contributed by atoms with E-state index in [0.717, 1.165) is 54.4 Å². The Labute approximate surface area is 277 Å². The molecule has 3 aromatic carbocycles. The number of fused-ring (bicyclic) bond motifs is 1. The third kappa shape index (κ3) is 7.68. The molecule has 240 valence electrons. The molecule has 0 radical (unpaired) electrons. The Morgan fingerprint density at radius 2 is 1.63 bits per heavy atom. The van der Waals surface area contributed by atoms with Crippen LogP contribution in [0.5, 0.6) is 0 Å². The first-order valence-electron chi connectivity index (χ1n) is 16.7. The average molecular weight is 636 g/mol. The number of rotatable bonds is 13. The SMILES string of the molecule is CC(C)CCCCCCN1CCN(c2ccc(-c3ccc4c(c3)C(=O)N(C(C(=O)Nc3nccs3)c3ccccc3)C4)cc2)CC1. The topological polar surface area (TPSA) is 68.8 Å². The van der Waals surface area contributed by atoms with E-state index in [1.807, 2.05) is 47.8 Å². The highest BCUT2D eigenvalue weighted by atomic mass is 32.1. The monoisotopic (exact) mass is 635 g/mol. The summed E-state index contributed by atoms with van der Waals surface area (Å²) in [5.74, 6) is 0.418. The highest BCUT2D eigenvalue weighted by Crippen LogP contribution is 2.35. The van der Waals surface area contributed by atoms with Crippen molar-refractivity contribution >= 4 is 34.0 Å². The summed E-state index contributed by atoms with van der Waals surface area (Å²) in [4.78, 5) is 38.3. The second kappa shape index (κ2) is 15.1. The molecule has 2 aliphatic rings. The normalized spacial score (nSPS) is 15.8. The van der Waals surface area contributed by atoms with Gasteiger partial charge in [0.1, 0.15) is 6.04 Å². The Kier molecular flexibility index (Phi) is 10.5. The third-order valence-corrected chi connectivity index (χ3v) is 9.91. The van der Waals surface area contributed by atoms with Crippen molar-refractivity contribution in [2.75, 3.05) is 42.9 Å². The van der Waals surface area contributed by atoms with Gasteiger partial charge in [-0.25, -0.2) is 4.98 Å². The molecule has 1 aromatic heterocycles. The van der Waals surface area contributed by atoms with Gasteiger partial charge < -0.3 is 9.80 Å². The van der Waals surface area contributed by atoms with Crippen LogP contribution in [0.2, 0.25) is 0 Å². The summed E-state index contributed by atoms with van der Waals surface area (Å²) >= 11 is 1.36. The zero-order chi connectivity index (χ0) is 31.9. The van der Waals surface area contributed by atoms with E-state index in [1.54, 1.807) is 11.1 Å². The van der Waals surface area contributed by atoms with Crippen molar-refractivity contribution in [3.8, 4) is 11.1 Å². The molecule has 4 aromatic rings. The second-order valence-electron chi connectivity index (χ2n) is 12.9. The first kappa shape index (κ1) is 32.0. The molecule has 0 saturated carbocycles. The van der Waals surface area contributed by atoms with Crippen LogP contribution >= 0.6 is 11.3 Å². The summed E-state index contributed by atoms with van der Waals surface area (Å²) in [5, 5.41) is 5.24. The summed E-state index contributed by atoms with van der Waals surface area (Å²) in [5.41, 5.74) is 5.68. The molecule has 1 N–H and O–H groups in total. The van der Waals surface area contributed by atoms with E-state index < -0.39 is 6.04 Å². The van der Waals surface area contributed by atoms with Crippen LogP contribution in [0.25, 0.3) is 11.1 Å². The predicted octanol–water partition coefficient (Wildman–Crippen LogP) is 7.87. The average Bonchev–Trinajstić information content (AvgIpc) is 3.71. The maximum absolute atomic E-state index is 13.8. The lowest BCUT2D eigenvalue weighted by molar-refractivity contribution is -0.120. The van der Waals surface area contributed by atoms with E-state index in [0.29, 0.717) is 17.2 Å². The van der Waals surface area contributed by atoms with E-state index in [1.165, 1.54) is 55.7 Å². The lowest BCUT2D eigenvalue weighted by Crippen LogP contribution is -2.46. The molecule has 8 heteroatoms. The summed E-state index contributed by atoms with van der Waals surface area (Å²) in [7, 11) is 0. The van der Waals surface area contributed by atoms with E-state index >= 15 is 0 Å². The third-order valence-electron chi connectivity index (χ3n) is 9.22. The zero-order valence-electron chi connectivity index (χ0n) is 27.0. The summed E-state index contributed by atoms with van der Waals surface area (Å²) < 4.78 is 0. The van der Waals surface area contributed by atoms with Crippen LogP contribution in [0.1, 0.15) is 73.5 Å². The largest absolute Gasteiger partial charge is 0.369 e. The molecule has 0 aliphatic carbocycles. The molecule has 1 fully saturated rings. The summed E-state index contributed by atoms with van der Waals surface area (Å²) in [6.07, 6.45) is 8.38. The van der Waals surface area contributed by atoms with Crippen LogP contribution in [0.3, 0.4) is 0 Å². The van der Waals surface area contributed by atoms with Gasteiger partial charge in [-0.2, -0.15) is 0 Å². The number of nitrogens with zero attached hydrogens (tertiary/aromatic N) is 4. The number of nitrogens with one attached hydrogen (secondary N) is 1. The fourth-order valence-corrected chi connectivity index (χ4v) is 7.15. The molecule has 1 unspecified atom stereocenters. The lowest BCUT2D eigenvalue weighted by Gasteiger charge is -2.36. The van der Waals surface area contributed by atoms with Gasteiger partial charge in [0.2, 0.25) is 0 Å². The Bertz CT molecular complexity index is 1580. The fraction of sp³-hybridized carbons (Fsp3) is 0.395. The maximum Gasteiger partial charge on any atom is 0.255 e. The van der Waals surface area contributed by atoms with Crippen molar-refractivity contribution < 1.29 is 9.59 Å². The van der Waals surface area contributed by atoms with Crippen molar-refractivity contribution in [1.29, 1.82) is 0 Å². The number of hydrogen-bond donors (Lipinski definition) is 1. The van der Waals surface area contributed by atoms with Gasteiger partial charge in [0.25, 0.3) is 11.8 Å². The molecule has 6 rings (SSSR count). The van der Waals surface area contributed by atoms with Gasteiger partial charge in [-0.15, -0.1) is 11.3 Å². The first-order valence-corrected chi connectivity index (χ1v) is 17.6. The number of anilines is 2. The Balaban J connectivity index is 1.07. The van der Waals surface area contributed by atoms with Crippen LogP contribution in [0, 0.1) is 5.92 Å². The quantitative estimate of drug-likeness (QED) is 0.152. The Morgan fingerprint density at radius 1 is 0.891 bits per heavy atom. The van der Waals surface area contributed by atoms with E-state index in [-0.39, 0.29) is 11.8 Å². The maximum atomic E-state index is 13.8. The number of carbonyl (C=O) groups excluding carboxylic acids is 2. The molecule has 0 spiro atoms. The van der Waals surface area contributed by atoms with Crippen molar-refractivity contribution in [2.24, 2.45) is 5.92 Å². The van der Waals surface area contributed by atoms with Gasteiger partial charge in [-0.3, -0.25) is 19.8 Å². The standard InChI is InChI=1S/C38H45N5O2S/c1-28(2)10-6-3-4-9-20-41-21-23-42(24-22-41)33-17-15-29(16-18-33)31-13-14-32-27-43(37(45)34(32)26-31)35(30-11-7-5-8-12-30)36(44)40-38-39-19-25-46-38/h5,7-8,11-19,25-26,28,35H,3-4,6,9-10,20-24,27H2,1-2H3,(H,39,40,44). The molecule has 0 bridgehead atoms. The van der Waals surface area contributed by atoms with E-state index in [2.05, 4.69) is 64.3 Å². The summed E-state index contributed by atoms with van der Waals surface area (Å²) in [6, 6.07) is 23.5. The number of carbonyl (C=O) groups is 2. The Hall–Kier alpha value is -4.01. The van der Waals surface area contributed by atoms with Crippen LogP contribution in [-0.2, 0) is 11.3 Å². The summed E-state index contributed by atoms with van der Waals surface area (Å²) in [6.45, 7) is 10.5. The smallest absolute Gasteiger partial charge is 0.255 e. The van der Waals surface area contributed by atoms with Crippen molar-refractivity contribution in [3.05, 3.63) is 101 Å². The molecule has 2 aliphatic heterocycles. The molecule has 2 amide bonds. The van der Waals surface area contributed by atoms with Crippen LogP contribution < -0.4 is 10.2 Å². The number of hydrogen-bond acceptors (Lipinski definition) is 6. The van der Waals surface area contributed by atoms with E-state index in [9.17, 15) is 9.59 Å². The highest BCUT2D eigenvalue weighted by molar-refractivity contribution is 7.13. The minimum Gasteiger partial charge on any atom is -0.369 e. The molecule has 7 nitrogen and oxygen atoms in total. The zero-order valence-corrected chi connectivity index (χ0v) is 27.8. The van der Waals surface area contributed by atoms with Gasteiger partial charge in [0.15, 0.2) is 5.13 Å². The second-order valence-corrected chi connectivity index (χ2v) is 13.8. The lowest BCUT2D eigenvalue weighted by atomic mass is 10.00. The van der Waals surface area contributed by atoms with Crippen molar-refractivity contribution in [1.82, 2.24) is 14.8 Å². The van der Waals surface area contributed by atoms with Gasteiger partial charge in [0.05, 0.1) is 0 Å². The highest BCUT2D eigenvalue weighted by Gasteiger charge is 2.37. The molecule has 1 saturated heterocycles. The number of aromatic nitrogens is 1. The van der Waals surface area contributed by atoms with Crippen LogP contribution in [0.4, 0.5) is 10.8 Å². The van der Waals surface area contributed by atoms with Crippen molar-refractivity contribution in [3.63, 3.8) is 0 Å². The minimum absolute atomic E-state index is 0.134. The van der Waals surface area contributed by atoms with Crippen LogP contribution in [0.15, 0.2) is 84.4 Å². The minimum atomic E-state index is -0.761. The number of thiazole rings is 1. The molecule has 3 heterocycles. The number of piperazine rings is 1. The molecule has 46 heavy (non-hydrogen) atoms. The predicted molar refractivity (Wildman–Crippen MR) is 188 cm³/mol. The number of benzene rings is 3. The molecular weight excluding hydrogens is 591 g/mol. The van der Waals surface area contributed by atoms with Gasteiger partial charge >= 0.3 is 0 Å². The van der Waals surface area contributed by atoms with E-state index in [4.69, 9.17) is 0 Å². The Morgan fingerprint density at radius 3 is 2.35 bits per heavy atom. The number of amides is 2. The first-order chi connectivity index (χ1) is 22.5. The van der Waals surface area contributed by atoms with Gasteiger partial charge in [-0.05, 0) is 59.3 Å². The number of unbranched alkanes of at least 4 members (excludes halogenated alkanes) is 3. The van der Waals surface area contributed by atoms with Gasteiger partial charge in [-0.1, -0.05) is 94.1 Å². The van der Waals surface area contributed by atoms with Gasteiger partial charge in [0, 0.05) is 55.6 Å². The molecular formula is C38H45N5O2S.